The number of carboxylic acids is 1. The molecule has 1 amide bonds. The van der Waals surface area contributed by atoms with Crippen molar-refractivity contribution in [3.05, 3.63) is 29.8 Å². The molecule has 1 rings (SSSR count). The van der Waals surface area contributed by atoms with Crippen molar-refractivity contribution in [1.29, 1.82) is 0 Å². The van der Waals surface area contributed by atoms with E-state index in [0.29, 0.717) is 17.7 Å². The smallest absolute Gasteiger partial charge is 0.326 e. The molecule has 1 aromatic rings. The average Bonchev–Trinajstić information content (AvgIpc) is 2.46. The van der Waals surface area contributed by atoms with Gasteiger partial charge < -0.3 is 15.2 Å². The standard InChI is InChI=1S/C15H19NO5/c1-3-5-14(18)16-12(15(19)20)9-13(17)10-6-4-7-11(8-10)21-2/h4,6-8,12H,3,5,9H2,1-2H3,(H,16,18)(H,19,20)/t12-/m0/s1. The lowest BCUT2D eigenvalue weighted by molar-refractivity contribution is -0.141. The molecule has 0 aliphatic carbocycles. The SMILES string of the molecule is CCCC(=O)N[C@@H](CC(=O)c1cccc(OC)c1)C(=O)O. The Balaban J connectivity index is 2.76. The molecule has 0 bridgehead atoms. The van der Waals surface area contributed by atoms with Crippen LogP contribution in [0.5, 0.6) is 5.75 Å². The third-order valence-corrected chi connectivity index (χ3v) is 2.89. The largest absolute Gasteiger partial charge is 0.497 e. The lowest BCUT2D eigenvalue weighted by Crippen LogP contribution is -2.42. The number of Topliss-reactive ketones (excluding diaryl/α,β-unsaturated/α-hetero) is 1. The maximum absolute atomic E-state index is 12.1. The molecule has 2 N–H and O–H groups in total. The lowest BCUT2D eigenvalue weighted by Gasteiger charge is -2.14. The highest BCUT2D eigenvalue weighted by atomic mass is 16.5. The van der Waals surface area contributed by atoms with Gasteiger partial charge in [-0.25, -0.2) is 4.79 Å². The van der Waals surface area contributed by atoms with Crippen LogP contribution in [-0.4, -0.2) is 35.9 Å². The number of hydrogen-bond donors (Lipinski definition) is 2. The van der Waals surface area contributed by atoms with Gasteiger partial charge in [-0.3, -0.25) is 9.59 Å². The van der Waals surface area contributed by atoms with Crippen molar-refractivity contribution in [2.45, 2.75) is 32.2 Å². The number of nitrogens with one attached hydrogen (secondary N) is 1. The molecule has 6 heteroatoms. The maximum atomic E-state index is 12.1. The van der Waals surface area contributed by atoms with Crippen LogP contribution in [-0.2, 0) is 9.59 Å². The van der Waals surface area contributed by atoms with Gasteiger partial charge in [-0.1, -0.05) is 19.1 Å². The number of aliphatic carboxylic acids is 1. The summed E-state index contributed by atoms with van der Waals surface area (Å²) in [5, 5.41) is 11.5. The molecule has 0 unspecified atom stereocenters. The predicted octanol–water partition coefficient (Wildman–Crippen LogP) is 1.64. The van der Waals surface area contributed by atoms with Crippen molar-refractivity contribution in [2.75, 3.05) is 7.11 Å². The van der Waals surface area contributed by atoms with E-state index in [-0.39, 0.29) is 24.5 Å². The predicted molar refractivity (Wildman–Crippen MR) is 76.4 cm³/mol. The minimum Gasteiger partial charge on any atom is -0.497 e. The van der Waals surface area contributed by atoms with Crippen LogP contribution >= 0.6 is 0 Å². The van der Waals surface area contributed by atoms with Crippen LogP contribution in [0.4, 0.5) is 0 Å². The summed E-state index contributed by atoms with van der Waals surface area (Å²) in [7, 11) is 1.48. The molecule has 6 nitrogen and oxygen atoms in total. The van der Waals surface area contributed by atoms with Gasteiger partial charge in [0.25, 0.3) is 0 Å². The van der Waals surface area contributed by atoms with Gasteiger partial charge in [-0.05, 0) is 18.6 Å². The van der Waals surface area contributed by atoms with Gasteiger partial charge in [0, 0.05) is 18.4 Å². The van der Waals surface area contributed by atoms with Gasteiger partial charge in [-0.15, -0.1) is 0 Å². The van der Waals surface area contributed by atoms with Crippen LogP contribution in [0, 0.1) is 0 Å². The molecule has 0 saturated heterocycles. The number of benzene rings is 1. The molecule has 1 aromatic carbocycles. The lowest BCUT2D eigenvalue weighted by atomic mass is 10.0. The first-order valence-corrected chi connectivity index (χ1v) is 6.67. The van der Waals surface area contributed by atoms with E-state index in [1.165, 1.54) is 13.2 Å². The zero-order valence-electron chi connectivity index (χ0n) is 12.1. The molecule has 0 fully saturated rings. The Hall–Kier alpha value is -2.37. The quantitative estimate of drug-likeness (QED) is 0.711. The normalized spacial score (nSPS) is 11.5. The highest BCUT2D eigenvalue weighted by molar-refractivity contribution is 5.99. The molecular weight excluding hydrogens is 274 g/mol. The monoisotopic (exact) mass is 293 g/mol. The van der Waals surface area contributed by atoms with E-state index in [9.17, 15) is 14.4 Å². The molecule has 1 atom stereocenters. The number of ketones is 1. The van der Waals surface area contributed by atoms with Crippen molar-refractivity contribution in [3.8, 4) is 5.75 Å². The fraction of sp³-hybridized carbons (Fsp3) is 0.400. The van der Waals surface area contributed by atoms with Crippen LogP contribution in [0.2, 0.25) is 0 Å². The van der Waals surface area contributed by atoms with Crippen LogP contribution in [0.15, 0.2) is 24.3 Å². The summed E-state index contributed by atoms with van der Waals surface area (Å²) in [6, 6.07) is 5.24. The summed E-state index contributed by atoms with van der Waals surface area (Å²) in [6.45, 7) is 1.82. The van der Waals surface area contributed by atoms with Gasteiger partial charge in [0.05, 0.1) is 7.11 Å². The molecule has 0 aromatic heterocycles. The highest BCUT2D eigenvalue weighted by Gasteiger charge is 2.23. The molecule has 0 spiro atoms. The van der Waals surface area contributed by atoms with Crippen LogP contribution in [0.3, 0.4) is 0 Å². The molecular formula is C15H19NO5. The fourth-order valence-corrected chi connectivity index (χ4v) is 1.79. The minimum atomic E-state index is -1.23. The Morgan fingerprint density at radius 3 is 2.62 bits per heavy atom. The highest BCUT2D eigenvalue weighted by Crippen LogP contribution is 2.15. The Morgan fingerprint density at radius 1 is 1.33 bits per heavy atom. The topological polar surface area (TPSA) is 92.7 Å². The number of amides is 1. The van der Waals surface area contributed by atoms with Gasteiger partial charge in [0.15, 0.2) is 5.78 Å². The minimum absolute atomic E-state index is 0.233. The molecule has 114 valence electrons. The second-order valence-electron chi connectivity index (χ2n) is 4.57. The van der Waals surface area contributed by atoms with E-state index in [1.54, 1.807) is 18.2 Å². The van der Waals surface area contributed by atoms with Gasteiger partial charge in [0.1, 0.15) is 11.8 Å². The second-order valence-corrected chi connectivity index (χ2v) is 4.57. The van der Waals surface area contributed by atoms with Crippen LogP contribution in [0.1, 0.15) is 36.5 Å². The molecule has 0 aliphatic rings. The van der Waals surface area contributed by atoms with Crippen molar-refractivity contribution in [2.24, 2.45) is 0 Å². The second kappa shape index (κ2) is 8.04. The summed E-state index contributed by atoms with van der Waals surface area (Å²) < 4.78 is 5.02. The zero-order chi connectivity index (χ0) is 15.8. The molecule has 21 heavy (non-hydrogen) atoms. The number of rotatable bonds is 8. The van der Waals surface area contributed by atoms with Crippen molar-refractivity contribution < 1.29 is 24.2 Å². The Morgan fingerprint density at radius 2 is 2.05 bits per heavy atom. The van der Waals surface area contributed by atoms with E-state index in [1.807, 2.05) is 6.92 Å². The first kappa shape index (κ1) is 16.7. The molecule has 0 heterocycles. The molecule has 0 radical (unpaired) electrons. The maximum Gasteiger partial charge on any atom is 0.326 e. The van der Waals surface area contributed by atoms with E-state index < -0.39 is 12.0 Å². The summed E-state index contributed by atoms with van der Waals surface area (Å²) in [5.74, 6) is -1.44. The van der Waals surface area contributed by atoms with Crippen LogP contribution in [0.25, 0.3) is 0 Å². The third-order valence-electron chi connectivity index (χ3n) is 2.89. The van der Waals surface area contributed by atoms with Gasteiger partial charge >= 0.3 is 5.97 Å². The zero-order valence-corrected chi connectivity index (χ0v) is 12.1. The number of methoxy groups -OCH3 is 1. The Bertz CT molecular complexity index is 527. The van der Waals surface area contributed by atoms with Crippen molar-refractivity contribution in [3.63, 3.8) is 0 Å². The van der Waals surface area contributed by atoms with E-state index in [0.717, 1.165) is 0 Å². The number of carbonyl (C=O) groups is 3. The molecule has 0 saturated carbocycles. The summed E-state index contributed by atoms with van der Waals surface area (Å²) in [6.07, 6.45) is 0.553. The number of hydrogen-bond acceptors (Lipinski definition) is 4. The van der Waals surface area contributed by atoms with Gasteiger partial charge in [-0.2, -0.15) is 0 Å². The number of ether oxygens (including phenoxy) is 1. The first-order valence-electron chi connectivity index (χ1n) is 6.67. The fourth-order valence-electron chi connectivity index (χ4n) is 1.79. The summed E-state index contributed by atoms with van der Waals surface area (Å²) in [5.41, 5.74) is 0.352. The van der Waals surface area contributed by atoms with Crippen LogP contribution < -0.4 is 10.1 Å². The Kier molecular flexibility index (Phi) is 6.39. The average molecular weight is 293 g/mol. The summed E-state index contributed by atoms with van der Waals surface area (Å²) >= 11 is 0. The van der Waals surface area contributed by atoms with E-state index in [2.05, 4.69) is 5.32 Å². The Labute approximate surface area is 123 Å². The van der Waals surface area contributed by atoms with E-state index in [4.69, 9.17) is 9.84 Å². The van der Waals surface area contributed by atoms with Gasteiger partial charge in [0.2, 0.25) is 5.91 Å². The molecule has 0 aliphatic heterocycles. The van der Waals surface area contributed by atoms with Crippen molar-refractivity contribution >= 4 is 17.7 Å². The van der Waals surface area contributed by atoms with E-state index >= 15 is 0 Å². The number of carbonyl (C=O) groups excluding carboxylic acids is 2. The summed E-state index contributed by atoms with van der Waals surface area (Å²) in [4.78, 5) is 34.7. The van der Waals surface area contributed by atoms with Crippen molar-refractivity contribution in [1.82, 2.24) is 5.32 Å². The number of carboxylic acid groups (broad SMARTS) is 1. The third kappa shape index (κ3) is 5.25. The first-order chi connectivity index (χ1) is 9.97.